The van der Waals surface area contributed by atoms with E-state index >= 15 is 0 Å². The van der Waals surface area contributed by atoms with Crippen molar-refractivity contribution in [3.05, 3.63) is 12.2 Å². The van der Waals surface area contributed by atoms with Gasteiger partial charge in [-0.2, -0.15) is 0 Å². The molecule has 0 aromatic carbocycles. The van der Waals surface area contributed by atoms with E-state index in [4.69, 9.17) is 0 Å². The zero-order valence-corrected chi connectivity index (χ0v) is 33.5. The number of nitrogens with one attached hydrogen (secondary N) is 1. The lowest BCUT2D eigenvalue weighted by atomic mass is 10.0. The van der Waals surface area contributed by atoms with Crippen LogP contribution in [0.1, 0.15) is 251 Å². The van der Waals surface area contributed by atoms with Gasteiger partial charge in [0.25, 0.3) is 0 Å². The molecular weight excluding hydrogens is 602 g/mol. The highest BCUT2D eigenvalue weighted by Crippen LogP contribution is 2.17. The van der Waals surface area contributed by atoms with Crippen LogP contribution in [0.15, 0.2) is 12.2 Å². The molecule has 0 fully saturated rings. The van der Waals surface area contributed by atoms with E-state index in [1.165, 1.54) is 205 Å². The standard InChI is InChI=1S/C45H89NO3/c1-3-5-7-9-11-12-13-14-15-16-17-18-19-20-21-22-23-24-25-26-27-28-29-30-31-32-33-34-35-36-38-40-44(48)43(42-47)46-45(49)41-39-37-10-8-6-4-2/h38,40,43-44,47-48H,3-37,39,41-42H2,1-2H3,(H,46,49)/b40-38+. The van der Waals surface area contributed by atoms with Crippen molar-refractivity contribution in [1.29, 1.82) is 0 Å². The minimum atomic E-state index is -0.831. The summed E-state index contributed by atoms with van der Waals surface area (Å²) < 4.78 is 0. The van der Waals surface area contributed by atoms with Crippen molar-refractivity contribution in [3.8, 4) is 0 Å². The maximum Gasteiger partial charge on any atom is 0.220 e. The minimum absolute atomic E-state index is 0.0714. The lowest BCUT2D eigenvalue weighted by molar-refractivity contribution is -0.123. The number of allylic oxidation sites excluding steroid dienone is 1. The Kier molecular flexibility index (Phi) is 40.8. The second kappa shape index (κ2) is 41.5. The van der Waals surface area contributed by atoms with Crippen LogP contribution in [0, 0.1) is 0 Å². The van der Waals surface area contributed by atoms with Crippen molar-refractivity contribution in [1.82, 2.24) is 5.32 Å². The quantitative estimate of drug-likeness (QED) is 0.0441. The number of aliphatic hydroxyl groups is 2. The van der Waals surface area contributed by atoms with Gasteiger partial charge in [0.05, 0.1) is 18.8 Å². The highest BCUT2D eigenvalue weighted by atomic mass is 16.3. The van der Waals surface area contributed by atoms with Crippen molar-refractivity contribution in [2.24, 2.45) is 0 Å². The molecular formula is C45H89NO3. The molecule has 0 saturated carbocycles. The Balaban J connectivity index is 3.35. The van der Waals surface area contributed by atoms with Crippen LogP contribution in [0.2, 0.25) is 0 Å². The van der Waals surface area contributed by atoms with Crippen LogP contribution in [0.4, 0.5) is 0 Å². The molecule has 0 aliphatic carbocycles. The summed E-state index contributed by atoms with van der Waals surface area (Å²) in [7, 11) is 0. The van der Waals surface area contributed by atoms with Crippen molar-refractivity contribution in [2.75, 3.05) is 6.61 Å². The molecule has 0 bridgehead atoms. The van der Waals surface area contributed by atoms with Gasteiger partial charge in [0.1, 0.15) is 0 Å². The van der Waals surface area contributed by atoms with Crippen LogP contribution in [-0.2, 0) is 4.79 Å². The SMILES string of the molecule is CCCCCCCCCCCCCCCCCCCCCCCCCCCCCCC/C=C/C(O)C(CO)NC(=O)CCCCCCCC. The number of carbonyl (C=O) groups is 1. The third-order valence-electron chi connectivity index (χ3n) is 10.5. The third-order valence-corrected chi connectivity index (χ3v) is 10.5. The lowest BCUT2D eigenvalue weighted by Crippen LogP contribution is -2.45. The molecule has 3 N–H and O–H groups in total. The van der Waals surface area contributed by atoms with Crippen LogP contribution < -0.4 is 5.32 Å². The summed E-state index contributed by atoms with van der Waals surface area (Å²) in [6.07, 6.45) is 52.3. The maximum absolute atomic E-state index is 12.2. The Morgan fingerprint density at radius 1 is 0.469 bits per heavy atom. The van der Waals surface area contributed by atoms with E-state index < -0.39 is 12.1 Å². The fourth-order valence-corrected chi connectivity index (χ4v) is 7.06. The summed E-state index contributed by atoms with van der Waals surface area (Å²) in [5, 5.41) is 22.8. The Bertz CT molecular complexity index is 666. The van der Waals surface area contributed by atoms with Gasteiger partial charge in [-0.05, 0) is 19.3 Å². The number of aliphatic hydroxyl groups excluding tert-OH is 2. The van der Waals surface area contributed by atoms with E-state index in [2.05, 4.69) is 19.2 Å². The molecule has 1 amide bonds. The highest BCUT2D eigenvalue weighted by Gasteiger charge is 2.17. The number of hydrogen-bond donors (Lipinski definition) is 3. The van der Waals surface area contributed by atoms with Crippen molar-refractivity contribution < 1.29 is 15.0 Å². The van der Waals surface area contributed by atoms with Crippen molar-refractivity contribution in [2.45, 2.75) is 264 Å². The molecule has 0 spiro atoms. The molecule has 2 unspecified atom stereocenters. The van der Waals surface area contributed by atoms with Gasteiger partial charge in [-0.25, -0.2) is 0 Å². The molecule has 4 heteroatoms. The number of amides is 1. The average molecular weight is 692 g/mol. The highest BCUT2D eigenvalue weighted by molar-refractivity contribution is 5.76. The summed E-state index contributed by atoms with van der Waals surface area (Å²) >= 11 is 0. The Morgan fingerprint density at radius 3 is 1.06 bits per heavy atom. The van der Waals surface area contributed by atoms with Crippen molar-refractivity contribution >= 4 is 5.91 Å². The molecule has 0 radical (unpaired) electrons. The van der Waals surface area contributed by atoms with E-state index in [-0.39, 0.29) is 12.5 Å². The Morgan fingerprint density at radius 2 is 0.755 bits per heavy atom. The van der Waals surface area contributed by atoms with Gasteiger partial charge < -0.3 is 15.5 Å². The summed E-state index contributed by atoms with van der Waals surface area (Å²) in [6.45, 7) is 4.26. The first-order valence-electron chi connectivity index (χ1n) is 22.4. The monoisotopic (exact) mass is 692 g/mol. The largest absolute Gasteiger partial charge is 0.394 e. The number of hydrogen-bond acceptors (Lipinski definition) is 3. The number of rotatable bonds is 41. The van der Waals surface area contributed by atoms with Gasteiger partial charge in [-0.1, -0.05) is 238 Å². The summed E-state index contributed by atoms with van der Waals surface area (Å²) in [6, 6.07) is -0.614. The van der Waals surface area contributed by atoms with Gasteiger partial charge in [-0.15, -0.1) is 0 Å². The van der Waals surface area contributed by atoms with Gasteiger partial charge in [0.15, 0.2) is 0 Å². The molecule has 0 rings (SSSR count). The summed E-state index contributed by atoms with van der Waals surface area (Å²) in [5.74, 6) is -0.0714. The van der Waals surface area contributed by atoms with Gasteiger partial charge >= 0.3 is 0 Å². The molecule has 0 aromatic heterocycles. The molecule has 2 atom stereocenters. The maximum atomic E-state index is 12.2. The first-order valence-corrected chi connectivity index (χ1v) is 22.4. The number of carbonyl (C=O) groups excluding carboxylic acids is 1. The van der Waals surface area contributed by atoms with Crippen LogP contribution in [-0.4, -0.2) is 34.9 Å². The first kappa shape index (κ1) is 48.1. The van der Waals surface area contributed by atoms with Gasteiger partial charge in [0, 0.05) is 6.42 Å². The van der Waals surface area contributed by atoms with Crippen molar-refractivity contribution in [3.63, 3.8) is 0 Å². The fourth-order valence-electron chi connectivity index (χ4n) is 7.06. The van der Waals surface area contributed by atoms with E-state index in [0.717, 1.165) is 25.7 Å². The van der Waals surface area contributed by atoms with E-state index in [9.17, 15) is 15.0 Å². The molecule has 49 heavy (non-hydrogen) atoms. The van der Waals surface area contributed by atoms with Gasteiger partial charge in [-0.3, -0.25) is 4.79 Å². The fraction of sp³-hybridized carbons (Fsp3) is 0.933. The van der Waals surface area contributed by atoms with Crippen LogP contribution in [0.25, 0.3) is 0 Å². The topological polar surface area (TPSA) is 69.6 Å². The molecule has 0 aliphatic rings. The zero-order valence-electron chi connectivity index (χ0n) is 33.5. The second-order valence-corrected chi connectivity index (χ2v) is 15.5. The predicted molar refractivity (Wildman–Crippen MR) is 216 cm³/mol. The van der Waals surface area contributed by atoms with Crippen LogP contribution in [0.5, 0.6) is 0 Å². The summed E-state index contributed by atoms with van der Waals surface area (Å²) in [5.41, 5.74) is 0. The van der Waals surface area contributed by atoms with Crippen LogP contribution in [0.3, 0.4) is 0 Å². The third kappa shape index (κ3) is 38.2. The Labute approximate surface area is 307 Å². The van der Waals surface area contributed by atoms with Gasteiger partial charge in [0.2, 0.25) is 5.91 Å². The van der Waals surface area contributed by atoms with Crippen LogP contribution >= 0.6 is 0 Å². The number of unbranched alkanes of at least 4 members (excludes halogenated alkanes) is 34. The zero-order chi connectivity index (χ0) is 35.7. The normalized spacial score (nSPS) is 13.0. The molecule has 292 valence electrons. The smallest absolute Gasteiger partial charge is 0.220 e. The Hall–Kier alpha value is -0.870. The lowest BCUT2D eigenvalue weighted by Gasteiger charge is -2.20. The first-order chi connectivity index (χ1) is 24.2. The van der Waals surface area contributed by atoms with E-state index in [1.807, 2.05) is 6.08 Å². The predicted octanol–water partition coefficient (Wildman–Crippen LogP) is 13.9. The molecule has 4 nitrogen and oxygen atoms in total. The average Bonchev–Trinajstić information content (AvgIpc) is 3.11. The molecule has 0 aromatic rings. The minimum Gasteiger partial charge on any atom is -0.394 e. The second-order valence-electron chi connectivity index (χ2n) is 15.5. The molecule has 0 aliphatic heterocycles. The van der Waals surface area contributed by atoms with E-state index in [1.54, 1.807) is 6.08 Å². The molecule has 0 saturated heterocycles. The molecule has 0 heterocycles. The summed E-state index contributed by atoms with van der Waals surface area (Å²) in [4.78, 5) is 12.2. The van der Waals surface area contributed by atoms with E-state index in [0.29, 0.717) is 6.42 Å².